The van der Waals surface area contributed by atoms with Crippen LogP contribution in [0.3, 0.4) is 0 Å². The lowest BCUT2D eigenvalue weighted by atomic mass is 9.93. The fourth-order valence-corrected chi connectivity index (χ4v) is 4.82. The number of benzene rings is 2. The number of aliphatic hydroxyl groups excluding tert-OH is 1. The van der Waals surface area contributed by atoms with Gasteiger partial charge in [-0.05, 0) is 24.6 Å². The van der Waals surface area contributed by atoms with Crippen LogP contribution in [0.2, 0.25) is 0 Å². The average molecular weight is 522 g/mol. The molecule has 1 unspecified atom stereocenters. The molecule has 2 aromatic carbocycles. The highest BCUT2D eigenvalue weighted by Gasteiger charge is 2.48. The minimum Gasteiger partial charge on any atom is -0.507 e. The summed E-state index contributed by atoms with van der Waals surface area (Å²) in [7, 11) is 4.42. The average Bonchev–Trinajstić information content (AvgIpc) is 3.68. The van der Waals surface area contributed by atoms with Gasteiger partial charge < -0.3 is 38.3 Å². The summed E-state index contributed by atoms with van der Waals surface area (Å²) >= 11 is 0. The third-order valence-corrected chi connectivity index (χ3v) is 6.56. The van der Waals surface area contributed by atoms with E-state index in [2.05, 4.69) is 4.98 Å². The van der Waals surface area contributed by atoms with E-state index in [9.17, 15) is 14.7 Å². The maximum absolute atomic E-state index is 13.5. The number of methoxy groups -OCH3 is 3. The monoisotopic (exact) mass is 521 g/mol. The number of amides is 1. The summed E-state index contributed by atoms with van der Waals surface area (Å²) in [6, 6.07) is 7.31. The number of ketones is 1. The van der Waals surface area contributed by atoms with Gasteiger partial charge in [0.1, 0.15) is 11.5 Å². The summed E-state index contributed by atoms with van der Waals surface area (Å²) in [5.41, 5.74) is 0.669. The number of imidazole rings is 1. The summed E-state index contributed by atoms with van der Waals surface area (Å²) in [4.78, 5) is 32.3. The number of aliphatic hydroxyl groups is 1. The van der Waals surface area contributed by atoms with E-state index in [4.69, 9.17) is 23.7 Å². The van der Waals surface area contributed by atoms with Crippen molar-refractivity contribution >= 4 is 17.4 Å². The maximum atomic E-state index is 13.5. The third-order valence-electron chi connectivity index (χ3n) is 6.56. The molecule has 11 heteroatoms. The molecule has 0 saturated carbocycles. The Morgan fingerprint density at radius 2 is 1.89 bits per heavy atom. The number of fused-ring (bicyclic) bond motifs is 1. The molecule has 198 valence electrons. The molecule has 3 heterocycles. The van der Waals surface area contributed by atoms with Gasteiger partial charge >= 0.3 is 0 Å². The SMILES string of the molecule is COc1cccc(/C(O)=C2\C(=O)C(=O)N(CCCn3ccnc3)C2c2cc3c(c(OC)c2OC)OCO3)c1. The first-order chi connectivity index (χ1) is 18.5. The fourth-order valence-electron chi connectivity index (χ4n) is 4.82. The van der Waals surface area contributed by atoms with E-state index < -0.39 is 17.7 Å². The fraction of sp³-hybridized carbons (Fsp3) is 0.296. The van der Waals surface area contributed by atoms with E-state index in [0.717, 1.165) is 0 Å². The molecule has 1 saturated heterocycles. The molecule has 0 radical (unpaired) electrons. The molecule has 1 N–H and O–H groups in total. The van der Waals surface area contributed by atoms with Crippen LogP contribution < -0.4 is 23.7 Å². The molecule has 2 aliphatic heterocycles. The molecule has 1 amide bonds. The summed E-state index contributed by atoms with van der Waals surface area (Å²) in [5, 5.41) is 11.4. The second kappa shape index (κ2) is 10.4. The number of carbonyl (C=O) groups is 2. The molecule has 1 fully saturated rings. The first-order valence-electron chi connectivity index (χ1n) is 11.9. The van der Waals surface area contributed by atoms with Crippen molar-refractivity contribution in [2.24, 2.45) is 0 Å². The number of rotatable bonds is 9. The van der Waals surface area contributed by atoms with Crippen LogP contribution in [-0.4, -0.2) is 65.9 Å². The second-order valence-corrected chi connectivity index (χ2v) is 8.64. The Kier molecular flexibility index (Phi) is 6.82. The van der Waals surface area contributed by atoms with Gasteiger partial charge in [-0.1, -0.05) is 12.1 Å². The number of hydrogen-bond donors (Lipinski definition) is 1. The molecule has 2 aliphatic rings. The first-order valence-corrected chi connectivity index (χ1v) is 11.9. The topological polar surface area (TPSA) is 122 Å². The molecule has 0 bridgehead atoms. The lowest BCUT2D eigenvalue weighted by Crippen LogP contribution is -2.31. The van der Waals surface area contributed by atoms with Crippen LogP contribution in [0.25, 0.3) is 5.76 Å². The smallest absolute Gasteiger partial charge is 0.295 e. The van der Waals surface area contributed by atoms with Crippen LogP contribution in [0, 0.1) is 0 Å². The molecule has 5 rings (SSSR count). The normalized spacial score (nSPS) is 17.7. The number of aryl methyl sites for hydroxylation is 1. The van der Waals surface area contributed by atoms with Crippen LogP contribution in [0.15, 0.2) is 54.6 Å². The quantitative estimate of drug-likeness (QED) is 0.257. The van der Waals surface area contributed by atoms with Crippen LogP contribution in [0.4, 0.5) is 0 Å². The maximum Gasteiger partial charge on any atom is 0.295 e. The minimum absolute atomic E-state index is 0.0206. The van der Waals surface area contributed by atoms with Crippen molar-refractivity contribution in [3.05, 3.63) is 65.8 Å². The molecule has 1 aromatic heterocycles. The van der Waals surface area contributed by atoms with Crippen LogP contribution in [0.1, 0.15) is 23.6 Å². The van der Waals surface area contributed by atoms with Gasteiger partial charge in [0.25, 0.3) is 11.7 Å². The Morgan fingerprint density at radius 3 is 2.61 bits per heavy atom. The van der Waals surface area contributed by atoms with E-state index in [0.29, 0.717) is 41.3 Å². The largest absolute Gasteiger partial charge is 0.507 e. The highest BCUT2D eigenvalue weighted by Crippen LogP contribution is 2.53. The predicted molar refractivity (Wildman–Crippen MR) is 135 cm³/mol. The van der Waals surface area contributed by atoms with Crippen molar-refractivity contribution in [1.82, 2.24) is 14.5 Å². The molecule has 1 atom stereocenters. The Bertz CT molecular complexity index is 1400. The molecule has 11 nitrogen and oxygen atoms in total. The number of ether oxygens (including phenoxy) is 5. The number of nitrogens with zero attached hydrogens (tertiary/aromatic N) is 3. The Balaban J connectivity index is 1.66. The van der Waals surface area contributed by atoms with E-state index in [1.54, 1.807) is 42.9 Å². The zero-order valence-electron chi connectivity index (χ0n) is 21.2. The Labute approximate surface area is 218 Å². The van der Waals surface area contributed by atoms with Crippen molar-refractivity contribution in [3.63, 3.8) is 0 Å². The van der Waals surface area contributed by atoms with E-state index in [1.807, 2.05) is 10.8 Å². The predicted octanol–water partition coefficient (Wildman–Crippen LogP) is 3.15. The number of Topliss-reactive ketones (excluding diaryl/α,β-unsaturated/α-hetero) is 1. The van der Waals surface area contributed by atoms with Crippen LogP contribution in [0.5, 0.6) is 28.7 Å². The highest BCUT2D eigenvalue weighted by atomic mass is 16.7. The van der Waals surface area contributed by atoms with Crippen molar-refractivity contribution < 1.29 is 38.4 Å². The first kappa shape index (κ1) is 25.0. The summed E-state index contributed by atoms with van der Waals surface area (Å²) in [5.74, 6) is -0.116. The zero-order chi connectivity index (χ0) is 26.8. The molecular formula is C27H27N3O8. The Morgan fingerprint density at radius 1 is 1.08 bits per heavy atom. The van der Waals surface area contributed by atoms with Crippen molar-refractivity contribution in [1.29, 1.82) is 0 Å². The lowest BCUT2D eigenvalue weighted by Gasteiger charge is -2.27. The molecular weight excluding hydrogens is 494 g/mol. The standard InChI is InChI=1S/C27H27N3O8/c1-34-17-7-4-6-16(12-17)22(31)20-21(18-13-19-25(38-15-37-19)26(36-3)24(18)35-2)30(27(33)23(20)32)10-5-9-29-11-8-28-14-29/h4,6-8,11-14,21,31H,5,9-10,15H2,1-3H3/b22-20+. The number of aromatic nitrogens is 2. The van der Waals surface area contributed by atoms with E-state index in [-0.39, 0.29) is 36.2 Å². The van der Waals surface area contributed by atoms with Crippen LogP contribution >= 0.6 is 0 Å². The van der Waals surface area contributed by atoms with Crippen molar-refractivity contribution in [2.75, 3.05) is 34.7 Å². The van der Waals surface area contributed by atoms with Gasteiger partial charge in [0, 0.05) is 36.6 Å². The second-order valence-electron chi connectivity index (χ2n) is 8.64. The highest BCUT2D eigenvalue weighted by molar-refractivity contribution is 6.46. The van der Waals surface area contributed by atoms with E-state index in [1.165, 1.54) is 26.2 Å². The summed E-state index contributed by atoms with van der Waals surface area (Å²) < 4.78 is 29.6. The van der Waals surface area contributed by atoms with Crippen molar-refractivity contribution in [2.45, 2.75) is 19.0 Å². The lowest BCUT2D eigenvalue weighted by molar-refractivity contribution is -0.140. The van der Waals surface area contributed by atoms with Gasteiger partial charge in [0.15, 0.2) is 11.5 Å². The van der Waals surface area contributed by atoms with E-state index >= 15 is 0 Å². The number of carbonyl (C=O) groups excluding carboxylic acids is 2. The van der Waals surface area contributed by atoms with Gasteiger partial charge in [-0.2, -0.15) is 0 Å². The van der Waals surface area contributed by atoms with Gasteiger partial charge in [-0.25, -0.2) is 4.98 Å². The summed E-state index contributed by atoms with van der Waals surface area (Å²) in [6.45, 7) is 0.780. The van der Waals surface area contributed by atoms with Crippen molar-refractivity contribution in [3.8, 4) is 28.7 Å². The van der Waals surface area contributed by atoms with Gasteiger partial charge in [0.2, 0.25) is 18.3 Å². The molecule has 0 aliphatic carbocycles. The molecule has 0 spiro atoms. The summed E-state index contributed by atoms with van der Waals surface area (Å²) in [6.07, 6.45) is 5.70. The number of hydrogen-bond acceptors (Lipinski definition) is 9. The van der Waals surface area contributed by atoms with Crippen LogP contribution in [-0.2, 0) is 16.1 Å². The van der Waals surface area contributed by atoms with Gasteiger partial charge in [-0.15, -0.1) is 0 Å². The van der Waals surface area contributed by atoms with Gasteiger partial charge in [0.05, 0.1) is 39.3 Å². The van der Waals surface area contributed by atoms with Gasteiger partial charge in [-0.3, -0.25) is 9.59 Å². The zero-order valence-corrected chi connectivity index (χ0v) is 21.2. The molecule has 3 aromatic rings. The number of likely N-dealkylation sites (tertiary alicyclic amines) is 1. The minimum atomic E-state index is -0.984. The molecule has 38 heavy (non-hydrogen) atoms. The Hall–Kier alpha value is -4.67. The third kappa shape index (κ3) is 4.25.